The molecule has 0 saturated carbocycles. The van der Waals surface area contributed by atoms with Crippen molar-refractivity contribution in [2.24, 2.45) is 7.05 Å². The minimum atomic E-state index is -3.24. The Morgan fingerprint density at radius 1 is 1.38 bits per heavy atom. The van der Waals surface area contributed by atoms with E-state index in [0.717, 1.165) is 34.6 Å². The molecule has 1 amide bonds. The smallest absolute Gasteiger partial charge is 0.412 e. The number of benzene rings is 1. The van der Waals surface area contributed by atoms with Gasteiger partial charge in [0.25, 0.3) is 5.92 Å². The van der Waals surface area contributed by atoms with Crippen LogP contribution in [0.4, 0.5) is 18.6 Å². The number of aromatic nitrogens is 2. The number of anilines is 1. The molecule has 0 saturated heterocycles. The molecule has 0 aliphatic rings. The van der Waals surface area contributed by atoms with E-state index in [1.54, 1.807) is 6.07 Å². The van der Waals surface area contributed by atoms with Crippen LogP contribution in [-0.2, 0) is 24.3 Å². The maximum absolute atomic E-state index is 14.2. The van der Waals surface area contributed by atoms with E-state index in [1.165, 1.54) is 17.1 Å². The SMILES string of the molecule is C=CCC(F)(F)c1cc(-c2csc(NC(=O)OCc3cccc(C)c3)c2C(=O)O)n(C)n1. The highest BCUT2D eigenvalue weighted by Crippen LogP contribution is 2.38. The average Bonchev–Trinajstić information content (AvgIpc) is 3.30. The second-order valence-corrected chi connectivity index (χ2v) is 7.96. The summed E-state index contributed by atoms with van der Waals surface area (Å²) in [5.74, 6) is -4.56. The number of hydrogen-bond acceptors (Lipinski definition) is 5. The van der Waals surface area contributed by atoms with Crippen molar-refractivity contribution in [1.29, 1.82) is 0 Å². The molecule has 0 aliphatic heterocycles. The van der Waals surface area contributed by atoms with Crippen LogP contribution in [-0.4, -0.2) is 26.9 Å². The summed E-state index contributed by atoms with van der Waals surface area (Å²) in [4.78, 5) is 24.1. The number of ether oxygens (including phenoxy) is 1. The van der Waals surface area contributed by atoms with Gasteiger partial charge in [0.15, 0.2) is 0 Å². The van der Waals surface area contributed by atoms with Crippen LogP contribution < -0.4 is 5.32 Å². The number of alkyl halides is 2. The van der Waals surface area contributed by atoms with Gasteiger partial charge in [0.1, 0.15) is 22.9 Å². The molecule has 3 aromatic rings. The van der Waals surface area contributed by atoms with Gasteiger partial charge in [-0.15, -0.1) is 17.9 Å². The summed E-state index contributed by atoms with van der Waals surface area (Å²) in [7, 11) is 1.44. The Hall–Kier alpha value is -3.53. The Labute approximate surface area is 186 Å². The molecule has 2 aromatic heterocycles. The molecule has 32 heavy (non-hydrogen) atoms. The number of hydrogen-bond donors (Lipinski definition) is 2. The molecule has 0 bridgehead atoms. The molecule has 2 N–H and O–H groups in total. The molecule has 0 spiro atoms. The number of carboxylic acid groups (broad SMARTS) is 1. The standard InChI is InChI=1S/C22H21F2N3O4S/c1-4-8-22(23,24)17-10-16(27(3)26-17)15-12-32-19(18(15)20(28)29)25-21(30)31-11-14-7-5-6-13(2)9-14/h4-7,9-10,12H,1,8,11H2,2-3H3,(H,25,30)(H,28,29). The molecule has 0 atom stereocenters. The lowest BCUT2D eigenvalue weighted by Crippen LogP contribution is -2.15. The first kappa shape index (κ1) is 23.1. The average molecular weight is 461 g/mol. The van der Waals surface area contributed by atoms with E-state index in [-0.39, 0.29) is 28.4 Å². The number of nitrogens with one attached hydrogen (secondary N) is 1. The second kappa shape index (κ2) is 9.31. The van der Waals surface area contributed by atoms with Gasteiger partial charge in [-0.2, -0.15) is 13.9 Å². The Morgan fingerprint density at radius 2 is 2.12 bits per heavy atom. The molecule has 3 rings (SSSR count). The van der Waals surface area contributed by atoms with E-state index >= 15 is 0 Å². The Morgan fingerprint density at radius 3 is 2.78 bits per heavy atom. The lowest BCUT2D eigenvalue weighted by atomic mass is 10.1. The van der Waals surface area contributed by atoms with Crippen molar-refractivity contribution in [3.63, 3.8) is 0 Å². The summed E-state index contributed by atoms with van der Waals surface area (Å²) in [6.45, 7) is 5.24. The van der Waals surface area contributed by atoms with Gasteiger partial charge in [-0.3, -0.25) is 10.00 Å². The fourth-order valence-corrected chi connectivity index (χ4v) is 4.05. The maximum Gasteiger partial charge on any atom is 0.412 e. The summed E-state index contributed by atoms with van der Waals surface area (Å²) in [6, 6.07) is 8.54. The van der Waals surface area contributed by atoms with E-state index in [0.29, 0.717) is 0 Å². The largest absolute Gasteiger partial charge is 0.478 e. The fraction of sp³-hybridized carbons (Fsp3) is 0.227. The number of allylic oxidation sites excluding steroid dienone is 1. The molecule has 10 heteroatoms. The lowest BCUT2D eigenvalue weighted by Gasteiger charge is -2.09. The van der Waals surface area contributed by atoms with E-state index in [1.807, 2.05) is 25.1 Å². The number of carbonyl (C=O) groups is 2. The van der Waals surface area contributed by atoms with Crippen molar-refractivity contribution >= 4 is 28.4 Å². The van der Waals surface area contributed by atoms with Crippen LogP contribution in [0, 0.1) is 6.92 Å². The minimum absolute atomic E-state index is 0.0115. The maximum atomic E-state index is 14.2. The highest BCUT2D eigenvalue weighted by Gasteiger charge is 2.34. The van der Waals surface area contributed by atoms with Gasteiger partial charge in [0, 0.05) is 24.4 Å². The van der Waals surface area contributed by atoms with Crippen molar-refractivity contribution in [3.8, 4) is 11.3 Å². The molecule has 0 aliphatic carbocycles. The number of aromatic carboxylic acids is 1. The van der Waals surface area contributed by atoms with Crippen molar-refractivity contribution in [3.05, 3.63) is 70.8 Å². The van der Waals surface area contributed by atoms with Gasteiger partial charge >= 0.3 is 12.1 Å². The van der Waals surface area contributed by atoms with Gasteiger partial charge in [-0.25, -0.2) is 9.59 Å². The normalized spacial score (nSPS) is 11.2. The number of aryl methyl sites for hydroxylation is 2. The van der Waals surface area contributed by atoms with Crippen LogP contribution in [0.2, 0.25) is 0 Å². The van der Waals surface area contributed by atoms with Gasteiger partial charge in [0.05, 0.1) is 5.69 Å². The predicted octanol–water partition coefficient (Wildman–Crippen LogP) is 5.57. The number of carboxylic acids is 1. The van der Waals surface area contributed by atoms with Gasteiger partial charge in [0.2, 0.25) is 0 Å². The Bertz CT molecular complexity index is 1170. The molecular weight excluding hydrogens is 440 g/mol. The second-order valence-electron chi connectivity index (χ2n) is 7.08. The van der Waals surface area contributed by atoms with E-state index in [9.17, 15) is 23.5 Å². The summed E-state index contributed by atoms with van der Waals surface area (Å²) >= 11 is 0.950. The quantitative estimate of drug-likeness (QED) is 0.428. The fourth-order valence-electron chi connectivity index (χ4n) is 3.11. The zero-order valence-corrected chi connectivity index (χ0v) is 18.2. The third kappa shape index (κ3) is 5.02. The van der Waals surface area contributed by atoms with Crippen molar-refractivity contribution in [2.45, 2.75) is 25.9 Å². The molecule has 2 heterocycles. The third-order valence-electron chi connectivity index (χ3n) is 4.60. The van der Waals surface area contributed by atoms with Crippen LogP contribution >= 0.6 is 11.3 Å². The first-order valence-corrected chi connectivity index (χ1v) is 10.4. The first-order valence-electron chi connectivity index (χ1n) is 9.50. The topological polar surface area (TPSA) is 93.5 Å². The highest BCUT2D eigenvalue weighted by molar-refractivity contribution is 7.15. The summed E-state index contributed by atoms with van der Waals surface area (Å²) < 4.78 is 34.8. The Balaban J connectivity index is 1.83. The number of amides is 1. The molecule has 0 fully saturated rings. The molecule has 0 radical (unpaired) electrons. The van der Waals surface area contributed by atoms with Crippen molar-refractivity contribution in [2.75, 3.05) is 5.32 Å². The van der Waals surface area contributed by atoms with Crippen LogP contribution in [0.15, 0.2) is 48.4 Å². The van der Waals surface area contributed by atoms with E-state index < -0.39 is 30.1 Å². The predicted molar refractivity (Wildman–Crippen MR) is 117 cm³/mol. The molecular formula is C22H21F2N3O4S. The molecule has 0 unspecified atom stereocenters. The monoisotopic (exact) mass is 461 g/mol. The number of carbonyl (C=O) groups excluding carboxylic acids is 1. The van der Waals surface area contributed by atoms with Gasteiger partial charge < -0.3 is 9.84 Å². The summed E-state index contributed by atoms with van der Waals surface area (Å²) in [5.41, 5.74) is 1.41. The summed E-state index contributed by atoms with van der Waals surface area (Å²) in [5, 5.41) is 17.5. The number of rotatable bonds is 8. The van der Waals surface area contributed by atoms with E-state index in [2.05, 4.69) is 17.0 Å². The summed E-state index contributed by atoms with van der Waals surface area (Å²) in [6.07, 6.45) is -0.338. The van der Waals surface area contributed by atoms with Gasteiger partial charge in [-0.05, 0) is 18.6 Å². The highest BCUT2D eigenvalue weighted by atomic mass is 32.1. The van der Waals surface area contributed by atoms with Crippen molar-refractivity contribution in [1.82, 2.24) is 9.78 Å². The zero-order chi connectivity index (χ0) is 23.5. The Kier molecular flexibility index (Phi) is 6.73. The van der Waals surface area contributed by atoms with Crippen LogP contribution in [0.25, 0.3) is 11.3 Å². The number of nitrogens with zero attached hydrogens (tertiary/aromatic N) is 2. The first-order chi connectivity index (χ1) is 15.1. The van der Waals surface area contributed by atoms with Crippen LogP contribution in [0.3, 0.4) is 0 Å². The van der Waals surface area contributed by atoms with Crippen LogP contribution in [0.1, 0.15) is 33.6 Å². The van der Waals surface area contributed by atoms with Crippen LogP contribution in [0.5, 0.6) is 0 Å². The molecule has 1 aromatic carbocycles. The van der Waals surface area contributed by atoms with Crippen molar-refractivity contribution < 1.29 is 28.2 Å². The zero-order valence-electron chi connectivity index (χ0n) is 17.4. The minimum Gasteiger partial charge on any atom is -0.478 e. The number of thiophene rings is 1. The molecule has 7 nitrogen and oxygen atoms in total. The van der Waals surface area contributed by atoms with Gasteiger partial charge in [-0.1, -0.05) is 35.9 Å². The number of halogens is 2. The van der Waals surface area contributed by atoms with E-state index in [4.69, 9.17) is 4.74 Å². The lowest BCUT2D eigenvalue weighted by molar-refractivity contribution is -0.00592. The molecule has 168 valence electrons. The third-order valence-corrected chi connectivity index (χ3v) is 5.50.